The number of nitrogens with one attached hydrogen (secondary N) is 1. The number of amides is 2. The summed E-state index contributed by atoms with van der Waals surface area (Å²) in [5.41, 5.74) is 1.43. The van der Waals surface area contributed by atoms with Gasteiger partial charge in [0.25, 0.3) is 5.91 Å². The smallest absolute Gasteiger partial charge is 0.254 e. The molecule has 1 saturated heterocycles. The summed E-state index contributed by atoms with van der Waals surface area (Å²) in [5.74, 6) is -0.219. The molecule has 0 atom stereocenters. The molecule has 0 radical (unpaired) electrons. The normalized spacial score (nSPS) is 17.0. The number of hydrogen-bond acceptors (Lipinski definition) is 4. The Hall–Kier alpha value is -2.99. The van der Waals surface area contributed by atoms with Crippen molar-refractivity contribution in [2.24, 2.45) is 0 Å². The standard InChI is InChI=1S/C23H25N3O3/c27-21(24-18-10-11-18)16-25-12-14-26(15-13-25)23(29)20-9-5-4-8-19(20)22(28)17-6-2-1-3-7-17/h1-9,18H,10-16H2,(H,24,27). The van der Waals surface area contributed by atoms with Gasteiger partial charge in [-0.3, -0.25) is 19.3 Å². The lowest BCUT2D eigenvalue weighted by atomic mass is 9.97. The van der Waals surface area contributed by atoms with E-state index < -0.39 is 0 Å². The third-order valence-corrected chi connectivity index (χ3v) is 5.41. The van der Waals surface area contributed by atoms with Gasteiger partial charge in [0.05, 0.1) is 12.1 Å². The first-order valence-corrected chi connectivity index (χ1v) is 10.1. The summed E-state index contributed by atoms with van der Waals surface area (Å²) in [6, 6.07) is 16.4. The first-order chi connectivity index (χ1) is 14.1. The van der Waals surface area contributed by atoms with Crippen LogP contribution in [0.4, 0.5) is 0 Å². The summed E-state index contributed by atoms with van der Waals surface area (Å²) < 4.78 is 0. The Morgan fingerprint density at radius 3 is 2.10 bits per heavy atom. The van der Waals surface area contributed by atoms with Crippen molar-refractivity contribution in [1.29, 1.82) is 0 Å². The van der Waals surface area contributed by atoms with Gasteiger partial charge >= 0.3 is 0 Å². The first-order valence-electron chi connectivity index (χ1n) is 10.1. The van der Waals surface area contributed by atoms with Crippen LogP contribution in [0.15, 0.2) is 54.6 Å². The molecule has 2 aliphatic rings. The van der Waals surface area contributed by atoms with Gasteiger partial charge in [0, 0.05) is 43.3 Å². The Labute approximate surface area is 170 Å². The summed E-state index contributed by atoms with van der Waals surface area (Å²) >= 11 is 0. The molecule has 0 aromatic heterocycles. The molecule has 2 aromatic carbocycles. The topological polar surface area (TPSA) is 69.7 Å². The van der Waals surface area contributed by atoms with Gasteiger partial charge in [-0.05, 0) is 18.9 Å². The van der Waals surface area contributed by atoms with Crippen LogP contribution in [0.5, 0.6) is 0 Å². The van der Waals surface area contributed by atoms with Crippen LogP contribution in [0.2, 0.25) is 0 Å². The molecule has 1 aliphatic heterocycles. The maximum absolute atomic E-state index is 13.1. The molecule has 2 aromatic rings. The molecule has 1 heterocycles. The molecule has 2 fully saturated rings. The van der Waals surface area contributed by atoms with Crippen LogP contribution in [0.1, 0.15) is 39.1 Å². The number of hydrogen-bond donors (Lipinski definition) is 1. The number of nitrogens with zero attached hydrogens (tertiary/aromatic N) is 2. The summed E-state index contributed by atoms with van der Waals surface area (Å²) in [5, 5.41) is 3.00. The highest BCUT2D eigenvalue weighted by Crippen LogP contribution is 2.19. The molecule has 4 rings (SSSR count). The van der Waals surface area contributed by atoms with Crippen LogP contribution in [0.3, 0.4) is 0 Å². The molecule has 1 N–H and O–H groups in total. The van der Waals surface area contributed by atoms with Crippen LogP contribution in [0.25, 0.3) is 0 Å². The molecule has 0 bridgehead atoms. The molecule has 6 heteroatoms. The summed E-state index contributed by atoms with van der Waals surface area (Å²) in [6.45, 7) is 2.77. The van der Waals surface area contributed by atoms with E-state index in [0.717, 1.165) is 12.8 Å². The van der Waals surface area contributed by atoms with Crippen molar-refractivity contribution in [3.05, 3.63) is 71.3 Å². The van der Waals surface area contributed by atoms with Gasteiger partial charge in [0.2, 0.25) is 5.91 Å². The summed E-state index contributed by atoms with van der Waals surface area (Å²) in [7, 11) is 0. The third-order valence-electron chi connectivity index (χ3n) is 5.41. The Bertz CT molecular complexity index is 901. The van der Waals surface area contributed by atoms with E-state index in [1.165, 1.54) is 0 Å². The zero-order valence-electron chi connectivity index (χ0n) is 16.3. The van der Waals surface area contributed by atoms with Gasteiger partial charge in [-0.2, -0.15) is 0 Å². The van der Waals surface area contributed by atoms with Crippen molar-refractivity contribution in [2.45, 2.75) is 18.9 Å². The van der Waals surface area contributed by atoms with E-state index in [9.17, 15) is 14.4 Å². The number of rotatable bonds is 6. The van der Waals surface area contributed by atoms with E-state index in [0.29, 0.717) is 55.5 Å². The van der Waals surface area contributed by atoms with Gasteiger partial charge in [0.15, 0.2) is 5.78 Å². The van der Waals surface area contributed by atoms with Crippen molar-refractivity contribution in [3.63, 3.8) is 0 Å². The predicted molar refractivity (Wildman–Crippen MR) is 110 cm³/mol. The van der Waals surface area contributed by atoms with Gasteiger partial charge in [-0.25, -0.2) is 0 Å². The monoisotopic (exact) mass is 391 g/mol. The van der Waals surface area contributed by atoms with Gasteiger partial charge in [-0.15, -0.1) is 0 Å². The average molecular weight is 391 g/mol. The SMILES string of the molecule is O=C(CN1CCN(C(=O)c2ccccc2C(=O)c2ccccc2)CC1)NC1CC1. The number of ketones is 1. The van der Waals surface area contributed by atoms with E-state index in [-0.39, 0.29) is 17.6 Å². The Morgan fingerprint density at radius 2 is 1.45 bits per heavy atom. The van der Waals surface area contributed by atoms with Crippen LogP contribution < -0.4 is 5.32 Å². The lowest BCUT2D eigenvalue weighted by Gasteiger charge is -2.34. The van der Waals surface area contributed by atoms with E-state index in [4.69, 9.17) is 0 Å². The zero-order valence-corrected chi connectivity index (χ0v) is 16.3. The largest absolute Gasteiger partial charge is 0.352 e. The van der Waals surface area contributed by atoms with E-state index >= 15 is 0 Å². The van der Waals surface area contributed by atoms with Crippen LogP contribution in [-0.4, -0.2) is 66.2 Å². The first kappa shape index (κ1) is 19.3. The fraction of sp³-hybridized carbons (Fsp3) is 0.348. The van der Waals surface area contributed by atoms with Crippen molar-refractivity contribution >= 4 is 17.6 Å². The highest BCUT2D eigenvalue weighted by atomic mass is 16.2. The van der Waals surface area contributed by atoms with Crippen molar-refractivity contribution in [1.82, 2.24) is 15.1 Å². The van der Waals surface area contributed by atoms with Crippen molar-refractivity contribution in [2.75, 3.05) is 32.7 Å². The molecule has 150 valence electrons. The lowest BCUT2D eigenvalue weighted by molar-refractivity contribution is -0.122. The second-order valence-electron chi connectivity index (χ2n) is 7.65. The zero-order chi connectivity index (χ0) is 20.2. The Kier molecular flexibility index (Phi) is 5.71. The Balaban J connectivity index is 1.40. The molecular weight excluding hydrogens is 366 g/mol. The van der Waals surface area contributed by atoms with Gasteiger partial charge in [-0.1, -0.05) is 48.5 Å². The Morgan fingerprint density at radius 1 is 0.828 bits per heavy atom. The minimum atomic E-state index is -0.148. The lowest BCUT2D eigenvalue weighted by Crippen LogP contribution is -2.51. The fourth-order valence-corrected chi connectivity index (χ4v) is 3.60. The number of carbonyl (C=O) groups is 3. The highest BCUT2D eigenvalue weighted by molar-refractivity contribution is 6.15. The van der Waals surface area contributed by atoms with Crippen molar-refractivity contribution in [3.8, 4) is 0 Å². The van der Waals surface area contributed by atoms with Crippen LogP contribution in [0, 0.1) is 0 Å². The molecule has 1 saturated carbocycles. The van der Waals surface area contributed by atoms with Crippen LogP contribution in [-0.2, 0) is 4.79 Å². The maximum Gasteiger partial charge on any atom is 0.254 e. The average Bonchev–Trinajstić information content (AvgIpc) is 3.58. The molecule has 0 spiro atoms. The minimum Gasteiger partial charge on any atom is -0.352 e. The summed E-state index contributed by atoms with van der Waals surface area (Å²) in [6.07, 6.45) is 2.16. The second kappa shape index (κ2) is 8.57. The molecule has 6 nitrogen and oxygen atoms in total. The van der Waals surface area contributed by atoms with Crippen LogP contribution >= 0.6 is 0 Å². The highest BCUT2D eigenvalue weighted by Gasteiger charge is 2.28. The van der Waals surface area contributed by atoms with E-state index in [2.05, 4.69) is 10.2 Å². The molecule has 29 heavy (non-hydrogen) atoms. The van der Waals surface area contributed by atoms with Gasteiger partial charge in [0.1, 0.15) is 0 Å². The number of carbonyl (C=O) groups excluding carboxylic acids is 3. The molecule has 0 unspecified atom stereocenters. The second-order valence-corrected chi connectivity index (χ2v) is 7.65. The third kappa shape index (κ3) is 4.71. The fourth-order valence-electron chi connectivity index (χ4n) is 3.60. The number of piperazine rings is 1. The number of benzene rings is 2. The molecule has 1 aliphatic carbocycles. The minimum absolute atomic E-state index is 0.0612. The molecular formula is C23H25N3O3. The maximum atomic E-state index is 13.1. The molecule has 2 amide bonds. The van der Waals surface area contributed by atoms with E-state index in [1.54, 1.807) is 41.3 Å². The van der Waals surface area contributed by atoms with Crippen molar-refractivity contribution < 1.29 is 14.4 Å². The van der Waals surface area contributed by atoms with E-state index in [1.807, 2.05) is 18.2 Å². The predicted octanol–water partition coefficient (Wildman–Crippen LogP) is 1.95. The quantitative estimate of drug-likeness (QED) is 0.765. The van der Waals surface area contributed by atoms with Gasteiger partial charge < -0.3 is 10.2 Å². The summed E-state index contributed by atoms with van der Waals surface area (Å²) in [4.78, 5) is 41.8.